The van der Waals surface area contributed by atoms with Gasteiger partial charge in [-0.1, -0.05) is 59.2 Å². The first-order chi connectivity index (χ1) is 9.45. The maximum atomic E-state index is 11.9. The monoisotopic (exact) mass is 328 g/mol. The zero-order valence-electron chi connectivity index (χ0n) is 14.1. The van der Waals surface area contributed by atoms with Crippen molar-refractivity contribution in [2.24, 2.45) is 0 Å². The topological polar surface area (TPSA) is 54.4 Å². The molecule has 0 aliphatic rings. The van der Waals surface area contributed by atoms with E-state index >= 15 is 0 Å². The highest BCUT2D eigenvalue weighted by Gasteiger charge is 2.46. The Hall–Kier alpha value is -0.653. The average Bonchev–Trinajstić information content (AvgIpc) is 2.26. The maximum Gasteiger partial charge on any atom is 0.294 e. The second-order valence-electron chi connectivity index (χ2n) is 6.87. The third-order valence-corrected chi connectivity index (χ3v) is 12.9. The van der Waals surface area contributed by atoms with Crippen LogP contribution in [0.1, 0.15) is 47.1 Å². The van der Waals surface area contributed by atoms with Crippen molar-refractivity contribution in [1.82, 2.24) is 0 Å². The molecule has 0 bridgehead atoms. The Morgan fingerprint density at radius 1 is 0.952 bits per heavy atom. The van der Waals surface area contributed by atoms with E-state index in [0.717, 1.165) is 10.8 Å². The molecule has 0 spiro atoms. The van der Waals surface area contributed by atoms with Crippen LogP contribution in [0.4, 0.5) is 0 Å². The number of aryl methyl sites for hydroxylation is 1. The van der Waals surface area contributed by atoms with Gasteiger partial charge >= 0.3 is 0 Å². The van der Waals surface area contributed by atoms with Gasteiger partial charge in [0.1, 0.15) is 0 Å². The van der Waals surface area contributed by atoms with E-state index in [0.29, 0.717) is 16.6 Å². The number of hydrogen-bond donors (Lipinski definition) is 1. The van der Waals surface area contributed by atoms with Gasteiger partial charge in [-0.2, -0.15) is 8.42 Å². The molecule has 1 aromatic carbocycles. The minimum Gasteiger partial charge on any atom is -0.282 e. The van der Waals surface area contributed by atoms with Crippen molar-refractivity contribution in [3.63, 3.8) is 0 Å². The molecule has 0 heterocycles. The molecule has 3 nitrogen and oxygen atoms in total. The van der Waals surface area contributed by atoms with Crippen LogP contribution < -0.4 is 5.19 Å². The van der Waals surface area contributed by atoms with Crippen molar-refractivity contribution in [1.29, 1.82) is 0 Å². The second-order valence-corrected chi connectivity index (χ2v) is 14.1. The highest BCUT2D eigenvalue weighted by atomic mass is 32.2. The summed E-state index contributed by atoms with van der Waals surface area (Å²) in [6.45, 7) is 15.1. The van der Waals surface area contributed by atoms with Crippen LogP contribution in [0.5, 0.6) is 0 Å². The minimum atomic E-state index is -4.20. The van der Waals surface area contributed by atoms with Gasteiger partial charge in [0, 0.05) is 0 Å². The van der Waals surface area contributed by atoms with Gasteiger partial charge in [0.2, 0.25) is 0 Å². The lowest BCUT2D eigenvalue weighted by molar-refractivity contribution is 0.483. The molecule has 0 unspecified atom stereocenters. The molecular weight excluding hydrogens is 300 g/mol. The zero-order chi connectivity index (χ0) is 16.6. The number of benzene rings is 1. The fraction of sp³-hybridized carbons (Fsp3) is 0.625. The first kappa shape index (κ1) is 18.4. The molecule has 0 radical (unpaired) electrons. The predicted molar refractivity (Wildman–Crippen MR) is 91.7 cm³/mol. The molecule has 0 aromatic heterocycles. The van der Waals surface area contributed by atoms with Crippen LogP contribution in [0.15, 0.2) is 23.1 Å². The summed E-state index contributed by atoms with van der Waals surface area (Å²) in [4.78, 5) is 0.107. The van der Waals surface area contributed by atoms with Crippen LogP contribution >= 0.6 is 0 Å². The molecule has 0 aliphatic heterocycles. The Morgan fingerprint density at radius 2 is 1.38 bits per heavy atom. The van der Waals surface area contributed by atoms with Gasteiger partial charge in [-0.05, 0) is 34.8 Å². The van der Waals surface area contributed by atoms with E-state index in [1.165, 1.54) is 0 Å². The largest absolute Gasteiger partial charge is 0.294 e. The Kier molecular flexibility index (Phi) is 5.45. The second kappa shape index (κ2) is 6.22. The van der Waals surface area contributed by atoms with Crippen LogP contribution in [-0.2, 0) is 10.1 Å². The molecule has 21 heavy (non-hydrogen) atoms. The Morgan fingerprint density at radius 3 is 1.71 bits per heavy atom. The van der Waals surface area contributed by atoms with Crippen LogP contribution in [-0.4, -0.2) is 21.0 Å². The summed E-state index contributed by atoms with van der Waals surface area (Å²) in [5.74, 6) is 0. The molecule has 0 aliphatic carbocycles. The Bertz CT molecular complexity index is 582. The van der Waals surface area contributed by atoms with Gasteiger partial charge in [0.15, 0.2) is 0 Å². The first-order valence-corrected chi connectivity index (χ1v) is 11.2. The molecule has 0 saturated carbocycles. The molecule has 5 heteroatoms. The van der Waals surface area contributed by atoms with Crippen molar-refractivity contribution in [3.05, 3.63) is 23.8 Å². The molecule has 0 fully saturated rings. The van der Waals surface area contributed by atoms with Crippen LogP contribution in [0.3, 0.4) is 0 Å². The molecule has 1 rings (SSSR count). The summed E-state index contributed by atoms with van der Waals surface area (Å²) in [5, 5.41) is 0.880. The third kappa shape index (κ3) is 3.25. The lowest BCUT2D eigenvalue weighted by Gasteiger charge is -2.44. The van der Waals surface area contributed by atoms with Gasteiger partial charge in [0.05, 0.1) is 13.0 Å². The maximum absolute atomic E-state index is 11.9. The van der Waals surface area contributed by atoms with E-state index in [1.807, 2.05) is 13.0 Å². The van der Waals surface area contributed by atoms with Crippen molar-refractivity contribution in [3.8, 4) is 0 Å². The molecule has 0 amide bonds. The van der Waals surface area contributed by atoms with E-state index in [-0.39, 0.29) is 4.90 Å². The fourth-order valence-corrected chi connectivity index (χ4v) is 12.5. The highest BCUT2D eigenvalue weighted by molar-refractivity contribution is 7.86. The van der Waals surface area contributed by atoms with E-state index < -0.39 is 18.2 Å². The van der Waals surface area contributed by atoms with Crippen LogP contribution in [0.25, 0.3) is 0 Å². The third-order valence-electron chi connectivity index (χ3n) is 4.75. The quantitative estimate of drug-likeness (QED) is 0.653. The molecule has 0 saturated heterocycles. The van der Waals surface area contributed by atoms with Crippen molar-refractivity contribution < 1.29 is 13.0 Å². The van der Waals surface area contributed by atoms with Crippen molar-refractivity contribution >= 4 is 23.4 Å². The summed E-state index contributed by atoms with van der Waals surface area (Å²) in [6, 6.07) is 5.30. The summed E-state index contributed by atoms with van der Waals surface area (Å²) in [6.07, 6.45) is 0. The molecule has 1 N–H and O–H groups in total. The zero-order valence-corrected chi connectivity index (χ0v) is 16.0. The SMILES string of the molecule is Cc1ccc(S(=O)(=O)O)c([Si](C(C)C)(C(C)C)C(C)C)c1. The minimum absolute atomic E-state index is 0.107. The lowest BCUT2D eigenvalue weighted by atomic mass is 10.2. The van der Waals surface area contributed by atoms with E-state index in [9.17, 15) is 13.0 Å². The van der Waals surface area contributed by atoms with Crippen LogP contribution in [0, 0.1) is 6.92 Å². The van der Waals surface area contributed by atoms with E-state index in [4.69, 9.17) is 0 Å². The van der Waals surface area contributed by atoms with Crippen molar-refractivity contribution in [2.75, 3.05) is 0 Å². The smallest absolute Gasteiger partial charge is 0.282 e. The first-order valence-electron chi connectivity index (χ1n) is 7.54. The van der Waals surface area contributed by atoms with Gasteiger partial charge < -0.3 is 0 Å². The summed E-state index contributed by atoms with van der Waals surface area (Å²) >= 11 is 0. The van der Waals surface area contributed by atoms with Crippen molar-refractivity contribution in [2.45, 2.75) is 70.0 Å². The number of hydrogen-bond acceptors (Lipinski definition) is 2. The van der Waals surface area contributed by atoms with E-state index in [1.54, 1.807) is 12.1 Å². The highest BCUT2D eigenvalue weighted by Crippen LogP contribution is 2.42. The molecule has 0 atom stereocenters. The van der Waals surface area contributed by atoms with Gasteiger partial charge in [-0.3, -0.25) is 4.55 Å². The van der Waals surface area contributed by atoms with Gasteiger partial charge in [0.25, 0.3) is 10.1 Å². The normalized spacial score (nSPS) is 13.5. The molecule has 120 valence electrons. The van der Waals surface area contributed by atoms with Gasteiger partial charge in [-0.25, -0.2) is 0 Å². The van der Waals surface area contributed by atoms with Gasteiger partial charge in [-0.15, -0.1) is 0 Å². The molecular formula is C16H28O3SSi. The Labute approximate surface area is 130 Å². The van der Waals surface area contributed by atoms with Crippen LogP contribution in [0.2, 0.25) is 16.6 Å². The average molecular weight is 329 g/mol. The standard InChI is InChI=1S/C16H28O3SSi/c1-11(2)21(12(3)4,13(5)6)16-10-14(7)8-9-15(16)20(17,18)19/h8-13H,1-7H3,(H,17,18,19). The summed E-state index contributed by atoms with van der Waals surface area (Å²) < 4.78 is 33.4. The summed E-state index contributed by atoms with van der Waals surface area (Å²) in [7, 11) is -6.33. The predicted octanol–water partition coefficient (Wildman–Crippen LogP) is 4.13. The van der Waals surface area contributed by atoms with E-state index in [2.05, 4.69) is 41.5 Å². The summed E-state index contributed by atoms with van der Waals surface area (Å²) in [5.41, 5.74) is 2.20. The Balaban J connectivity index is 3.86. The fourth-order valence-electron chi connectivity index (χ4n) is 4.14. The molecule has 1 aromatic rings. The lowest BCUT2D eigenvalue weighted by Crippen LogP contribution is -2.57. The number of rotatable bonds is 5.